The number of hydrogen-bond donors (Lipinski definition) is 0. The molecule has 128 valence electrons. The van der Waals surface area contributed by atoms with Crippen molar-refractivity contribution < 1.29 is 9.59 Å². The van der Waals surface area contributed by atoms with E-state index in [1.807, 2.05) is 9.80 Å². The fourth-order valence-corrected chi connectivity index (χ4v) is 4.23. The van der Waals surface area contributed by atoms with E-state index in [-0.39, 0.29) is 17.4 Å². The van der Waals surface area contributed by atoms with Crippen LogP contribution in [0.25, 0.3) is 0 Å². The van der Waals surface area contributed by atoms with E-state index in [0.717, 1.165) is 32.2 Å². The molecule has 2 heterocycles. The van der Waals surface area contributed by atoms with Gasteiger partial charge in [0.1, 0.15) is 0 Å². The molecule has 24 heavy (non-hydrogen) atoms. The van der Waals surface area contributed by atoms with Crippen LogP contribution in [0.15, 0.2) is 36.9 Å². The van der Waals surface area contributed by atoms with Gasteiger partial charge in [0.25, 0.3) is 5.91 Å². The summed E-state index contributed by atoms with van der Waals surface area (Å²) in [5.74, 6) is 0.173. The van der Waals surface area contributed by atoms with Crippen molar-refractivity contribution in [2.45, 2.75) is 37.6 Å². The van der Waals surface area contributed by atoms with Gasteiger partial charge < -0.3 is 9.80 Å². The molecule has 2 amide bonds. The third-order valence-electron chi connectivity index (χ3n) is 5.13. The van der Waals surface area contributed by atoms with Gasteiger partial charge in [-0.1, -0.05) is 23.7 Å². The molecule has 4 nitrogen and oxygen atoms in total. The van der Waals surface area contributed by atoms with Gasteiger partial charge in [0.2, 0.25) is 5.91 Å². The predicted octanol–water partition coefficient (Wildman–Crippen LogP) is 3.51. The van der Waals surface area contributed by atoms with Gasteiger partial charge in [-0.25, -0.2) is 0 Å². The molecule has 1 aromatic rings. The lowest BCUT2D eigenvalue weighted by atomic mass is 9.79. The van der Waals surface area contributed by atoms with Gasteiger partial charge in [0.05, 0.1) is 5.54 Å². The van der Waals surface area contributed by atoms with Gasteiger partial charge in [-0.05, 0) is 43.9 Å². The lowest BCUT2D eigenvalue weighted by Crippen LogP contribution is -2.63. The average molecular weight is 347 g/mol. The van der Waals surface area contributed by atoms with Crippen LogP contribution in [0, 0.1) is 0 Å². The zero-order valence-corrected chi connectivity index (χ0v) is 14.6. The van der Waals surface area contributed by atoms with Crippen LogP contribution in [0.4, 0.5) is 0 Å². The van der Waals surface area contributed by atoms with Crippen LogP contribution >= 0.6 is 11.6 Å². The van der Waals surface area contributed by atoms with E-state index in [2.05, 4.69) is 6.58 Å². The van der Waals surface area contributed by atoms with E-state index in [1.54, 1.807) is 30.3 Å². The van der Waals surface area contributed by atoms with Crippen LogP contribution in [-0.2, 0) is 4.79 Å². The molecule has 2 fully saturated rings. The number of amides is 2. The first-order chi connectivity index (χ1) is 11.6. The van der Waals surface area contributed by atoms with Gasteiger partial charge in [0, 0.05) is 36.6 Å². The number of rotatable bonds is 3. The first-order valence-electron chi connectivity index (χ1n) is 8.52. The Labute approximate surface area is 148 Å². The van der Waals surface area contributed by atoms with Crippen molar-refractivity contribution in [3.63, 3.8) is 0 Å². The zero-order valence-electron chi connectivity index (χ0n) is 13.8. The van der Waals surface area contributed by atoms with Crippen LogP contribution in [0.5, 0.6) is 0 Å². The van der Waals surface area contributed by atoms with Crippen LogP contribution < -0.4 is 0 Å². The minimum Gasteiger partial charge on any atom is -0.336 e. The van der Waals surface area contributed by atoms with Crippen molar-refractivity contribution in [3.05, 3.63) is 47.5 Å². The van der Waals surface area contributed by atoms with Crippen molar-refractivity contribution in [2.24, 2.45) is 0 Å². The van der Waals surface area contributed by atoms with Crippen LogP contribution in [0.1, 0.15) is 42.5 Å². The van der Waals surface area contributed by atoms with Crippen LogP contribution in [-0.4, -0.2) is 46.8 Å². The second-order valence-corrected chi connectivity index (χ2v) is 7.15. The Morgan fingerprint density at radius 1 is 1.33 bits per heavy atom. The van der Waals surface area contributed by atoms with Crippen molar-refractivity contribution >= 4 is 23.4 Å². The summed E-state index contributed by atoms with van der Waals surface area (Å²) < 4.78 is 0. The Hall–Kier alpha value is -1.81. The zero-order chi connectivity index (χ0) is 17.2. The molecule has 5 heteroatoms. The van der Waals surface area contributed by atoms with Crippen molar-refractivity contribution in [2.75, 3.05) is 19.6 Å². The summed E-state index contributed by atoms with van der Waals surface area (Å²) in [6.07, 6.45) is 6.08. The van der Waals surface area contributed by atoms with E-state index in [0.29, 0.717) is 30.1 Å². The monoisotopic (exact) mass is 346 g/mol. The molecule has 2 saturated heterocycles. The Morgan fingerprint density at radius 2 is 2.12 bits per heavy atom. The minimum atomic E-state index is -0.240. The maximum atomic E-state index is 12.9. The van der Waals surface area contributed by atoms with Gasteiger partial charge in [-0.15, -0.1) is 6.58 Å². The third kappa shape index (κ3) is 3.20. The molecule has 2 aliphatic heterocycles. The molecule has 0 radical (unpaired) electrons. The molecule has 0 aromatic heterocycles. The molecule has 1 aromatic carbocycles. The Morgan fingerprint density at radius 3 is 2.88 bits per heavy atom. The Balaban J connectivity index is 1.83. The summed E-state index contributed by atoms with van der Waals surface area (Å²) in [7, 11) is 0. The molecular weight excluding hydrogens is 324 g/mol. The number of nitrogens with zero attached hydrogens (tertiary/aromatic N) is 2. The van der Waals surface area contributed by atoms with E-state index in [4.69, 9.17) is 11.6 Å². The number of carbonyl (C=O) groups is 2. The van der Waals surface area contributed by atoms with Crippen LogP contribution in [0.3, 0.4) is 0 Å². The highest BCUT2D eigenvalue weighted by atomic mass is 35.5. The highest BCUT2D eigenvalue weighted by Crippen LogP contribution is 2.37. The quantitative estimate of drug-likeness (QED) is 0.786. The average Bonchev–Trinajstić information content (AvgIpc) is 2.58. The number of likely N-dealkylation sites (tertiary alicyclic amines) is 2. The molecule has 1 atom stereocenters. The summed E-state index contributed by atoms with van der Waals surface area (Å²) in [6, 6.07) is 7.06. The summed E-state index contributed by atoms with van der Waals surface area (Å²) in [5, 5.41) is 0.564. The largest absolute Gasteiger partial charge is 0.336 e. The normalized spacial score (nSPS) is 24.3. The second-order valence-electron chi connectivity index (χ2n) is 6.71. The first kappa shape index (κ1) is 17.0. The minimum absolute atomic E-state index is 0.00634. The Bertz CT molecular complexity index is 657. The Kier molecular flexibility index (Phi) is 4.95. The van der Waals surface area contributed by atoms with Gasteiger partial charge in [-0.2, -0.15) is 0 Å². The summed E-state index contributed by atoms with van der Waals surface area (Å²) in [5.41, 5.74) is 0.368. The first-order valence-corrected chi connectivity index (χ1v) is 8.90. The molecule has 0 aliphatic carbocycles. The summed E-state index contributed by atoms with van der Waals surface area (Å²) in [6.45, 7) is 5.66. The molecule has 1 unspecified atom stereocenters. The number of piperidine rings is 2. The molecule has 0 N–H and O–H groups in total. The molecular formula is C19H23ClN2O2. The molecule has 2 aliphatic rings. The van der Waals surface area contributed by atoms with Crippen molar-refractivity contribution in [1.82, 2.24) is 9.80 Å². The van der Waals surface area contributed by atoms with Gasteiger partial charge in [0.15, 0.2) is 0 Å². The SMILES string of the molecule is C=CCN1C(=O)CCCC12CCCN(C(=O)c1cccc(Cl)c1)C2. The predicted molar refractivity (Wildman–Crippen MR) is 95.1 cm³/mol. The summed E-state index contributed by atoms with van der Waals surface area (Å²) >= 11 is 6.02. The van der Waals surface area contributed by atoms with E-state index in [9.17, 15) is 9.59 Å². The maximum Gasteiger partial charge on any atom is 0.253 e. The fourth-order valence-electron chi connectivity index (χ4n) is 4.04. The van der Waals surface area contributed by atoms with E-state index < -0.39 is 0 Å². The van der Waals surface area contributed by atoms with Gasteiger partial charge in [-0.3, -0.25) is 9.59 Å². The number of halogens is 1. The molecule has 0 bridgehead atoms. The smallest absolute Gasteiger partial charge is 0.253 e. The standard InChI is InChI=1S/C19H23ClN2O2/c1-2-11-22-17(23)8-4-9-19(22)10-5-12-21(14-19)18(24)15-6-3-7-16(20)13-15/h2-3,6-7,13H,1,4-5,8-12,14H2. The maximum absolute atomic E-state index is 12.9. The number of carbonyl (C=O) groups excluding carboxylic acids is 2. The topological polar surface area (TPSA) is 40.6 Å². The van der Waals surface area contributed by atoms with Gasteiger partial charge >= 0.3 is 0 Å². The lowest BCUT2D eigenvalue weighted by Gasteiger charge is -2.52. The van der Waals surface area contributed by atoms with Crippen molar-refractivity contribution in [3.8, 4) is 0 Å². The second kappa shape index (κ2) is 6.98. The lowest BCUT2D eigenvalue weighted by molar-refractivity contribution is -0.143. The molecule has 0 saturated carbocycles. The molecule has 1 spiro atoms. The fraction of sp³-hybridized carbons (Fsp3) is 0.474. The van der Waals surface area contributed by atoms with E-state index in [1.165, 1.54) is 0 Å². The number of benzene rings is 1. The third-order valence-corrected chi connectivity index (χ3v) is 5.37. The van der Waals surface area contributed by atoms with Crippen LogP contribution in [0.2, 0.25) is 5.02 Å². The summed E-state index contributed by atoms with van der Waals surface area (Å²) in [4.78, 5) is 29.1. The number of hydrogen-bond acceptors (Lipinski definition) is 2. The highest BCUT2D eigenvalue weighted by Gasteiger charge is 2.45. The van der Waals surface area contributed by atoms with E-state index >= 15 is 0 Å². The molecule has 3 rings (SSSR count). The van der Waals surface area contributed by atoms with Crippen molar-refractivity contribution in [1.29, 1.82) is 0 Å². The highest BCUT2D eigenvalue weighted by molar-refractivity contribution is 6.30.